The Hall–Kier alpha value is -0.570. The molecule has 0 rings (SSSR count). The number of carbonyl (C=O) groups is 1. The van der Waals surface area contributed by atoms with Crippen molar-refractivity contribution in [1.82, 2.24) is 0 Å². The zero-order valence-corrected chi connectivity index (χ0v) is 7.33. The summed E-state index contributed by atoms with van der Waals surface area (Å²) in [4.78, 5) is 10.3. The van der Waals surface area contributed by atoms with Crippen molar-refractivity contribution in [2.75, 3.05) is 13.7 Å². The van der Waals surface area contributed by atoms with Crippen LogP contribution in [0.15, 0.2) is 0 Å². The van der Waals surface area contributed by atoms with E-state index in [9.17, 15) is 4.79 Å². The van der Waals surface area contributed by atoms with Gasteiger partial charge in [0.15, 0.2) is 0 Å². The fourth-order valence-corrected chi connectivity index (χ4v) is 0.925. The molecule has 0 aliphatic heterocycles. The van der Waals surface area contributed by atoms with Gasteiger partial charge < -0.3 is 9.84 Å². The van der Waals surface area contributed by atoms with Crippen LogP contribution in [0.4, 0.5) is 0 Å². The molecule has 0 heterocycles. The van der Waals surface area contributed by atoms with Gasteiger partial charge in [0.2, 0.25) is 0 Å². The molecular weight excluding hydrogens is 144 g/mol. The molecule has 1 N–H and O–H groups in total. The van der Waals surface area contributed by atoms with E-state index in [1.807, 2.05) is 13.8 Å². The average molecular weight is 160 g/mol. The van der Waals surface area contributed by atoms with Gasteiger partial charge in [-0.1, -0.05) is 13.8 Å². The van der Waals surface area contributed by atoms with Gasteiger partial charge in [0.05, 0.1) is 6.42 Å². The molecule has 1 unspecified atom stereocenters. The van der Waals surface area contributed by atoms with Gasteiger partial charge in [-0.05, 0) is 11.8 Å². The molecule has 0 fully saturated rings. The van der Waals surface area contributed by atoms with Crippen LogP contribution in [0.3, 0.4) is 0 Å². The summed E-state index contributed by atoms with van der Waals surface area (Å²) in [6.07, 6.45) is 0.200. The van der Waals surface area contributed by atoms with Gasteiger partial charge in [-0.2, -0.15) is 0 Å². The third-order valence-electron chi connectivity index (χ3n) is 1.76. The Morgan fingerprint density at radius 2 is 2.09 bits per heavy atom. The van der Waals surface area contributed by atoms with E-state index in [0.717, 1.165) is 0 Å². The number of hydrogen-bond donors (Lipinski definition) is 1. The minimum atomic E-state index is -0.749. The SMILES string of the molecule is COCC(CC(=O)O)C(C)C. The van der Waals surface area contributed by atoms with Gasteiger partial charge in [0.25, 0.3) is 0 Å². The lowest BCUT2D eigenvalue weighted by atomic mass is 9.93. The first-order valence-electron chi connectivity index (χ1n) is 3.78. The molecule has 3 nitrogen and oxygen atoms in total. The van der Waals surface area contributed by atoms with Gasteiger partial charge in [-0.3, -0.25) is 4.79 Å². The van der Waals surface area contributed by atoms with Crippen molar-refractivity contribution in [2.24, 2.45) is 11.8 Å². The Morgan fingerprint density at radius 3 is 2.36 bits per heavy atom. The number of rotatable bonds is 5. The highest BCUT2D eigenvalue weighted by atomic mass is 16.5. The topological polar surface area (TPSA) is 46.5 Å². The Morgan fingerprint density at radius 1 is 1.55 bits per heavy atom. The van der Waals surface area contributed by atoms with Crippen molar-refractivity contribution in [3.05, 3.63) is 0 Å². The highest BCUT2D eigenvalue weighted by Gasteiger charge is 2.16. The molecule has 0 amide bonds. The maximum Gasteiger partial charge on any atom is 0.303 e. The molecule has 0 saturated carbocycles. The van der Waals surface area contributed by atoms with E-state index in [2.05, 4.69) is 0 Å². The van der Waals surface area contributed by atoms with E-state index >= 15 is 0 Å². The summed E-state index contributed by atoms with van der Waals surface area (Å²) in [5.41, 5.74) is 0. The predicted octanol–water partition coefficient (Wildman–Crippen LogP) is 1.38. The number of methoxy groups -OCH3 is 1. The first-order chi connectivity index (χ1) is 5.07. The van der Waals surface area contributed by atoms with Crippen LogP contribution in [-0.2, 0) is 9.53 Å². The average Bonchev–Trinajstić information content (AvgIpc) is 1.86. The molecule has 0 bridgehead atoms. The number of ether oxygens (including phenoxy) is 1. The quantitative estimate of drug-likeness (QED) is 0.661. The molecule has 0 aliphatic carbocycles. The first-order valence-corrected chi connectivity index (χ1v) is 3.78. The van der Waals surface area contributed by atoms with Gasteiger partial charge in [-0.25, -0.2) is 0 Å². The smallest absolute Gasteiger partial charge is 0.303 e. The largest absolute Gasteiger partial charge is 0.481 e. The predicted molar refractivity (Wildman–Crippen MR) is 42.5 cm³/mol. The van der Waals surface area contributed by atoms with Gasteiger partial charge >= 0.3 is 5.97 Å². The summed E-state index contributed by atoms with van der Waals surface area (Å²) in [7, 11) is 1.59. The van der Waals surface area contributed by atoms with Gasteiger partial charge in [-0.15, -0.1) is 0 Å². The molecule has 0 aromatic heterocycles. The molecule has 66 valence electrons. The van der Waals surface area contributed by atoms with E-state index in [1.165, 1.54) is 0 Å². The molecule has 0 aromatic rings. The Kier molecular flexibility index (Phi) is 4.86. The summed E-state index contributed by atoms with van der Waals surface area (Å²) in [6.45, 7) is 4.54. The molecule has 11 heavy (non-hydrogen) atoms. The Balaban J connectivity index is 3.79. The third kappa shape index (κ3) is 4.79. The highest BCUT2D eigenvalue weighted by Crippen LogP contribution is 2.14. The molecule has 0 saturated heterocycles. The fraction of sp³-hybridized carbons (Fsp3) is 0.875. The Bertz CT molecular complexity index is 121. The molecule has 3 heteroatoms. The summed E-state index contributed by atoms with van der Waals surface area (Å²) in [6, 6.07) is 0. The first kappa shape index (κ1) is 10.4. The zero-order valence-electron chi connectivity index (χ0n) is 7.33. The molecule has 0 aliphatic rings. The second-order valence-electron chi connectivity index (χ2n) is 3.06. The minimum absolute atomic E-state index is 0.137. The van der Waals surface area contributed by atoms with Crippen molar-refractivity contribution in [3.8, 4) is 0 Å². The van der Waals surface area contributed by atoms with Crippen LogP contribution in [-0.4, -0.2) is 24.8 Å². The van der Waals surface area contributed by atoms with E-state index in [0.29, 0.717) is 12.5 Å². The van der Waals surface area contributed by atoms with Crippen LogP contribution in [0, 0.1) is 11.8 Å². The van der Waals surface area contributed by atoms with Crippen molar-refractivity contribution in [2.45, 2.75) is 20.3 Å². The number of aliphatic carboxylic acids is 1. The minimum Gasteiger partial charge on any atom is -0.481 e. The van der Waals surface area contributed by atoms with Crippen LogP contribution < -0.4 is 0 Å². The van der Waals surface area contributed by atoms with Crippen molar-refractivity contribution >= 4 is 5.97 Å². The second-order valence-corrected chi connectivity index (χ2v) is 3.06. The molecular formula is C8H16O3. The van der Waals surface area contributed by atoms with Crippen LogP contribution in [0.25, 0.3) is 0 Å². The van der Waals surface area contributed by atoms with Crippen molar-refractivity contribution in [3.63, 3.8) is 0 Å². The van der Waals surface area contributed by atoms with E-state index in [-0.39, 0.29) is 12.3 Å². The lowest BCUT2D eigenvalue weighted by Gasteiger charge is -2.17. The van der Waals surface area contributed by atoms with Crippen LogP contribution in [0.2, 0.25) is 0 Å². The van der Waals surface area contributed by atoms with E-state index in [1.54, 1.807) is 7.11 Å². The lowest BCUT2D eigenvalue weighted by molar-refractivity contribution is -0.139. The van der Waals surface area contributed by atoms with Crippen LogP contribution >= 0.6 is 0 Å². The summed E-state index contributed by atoms with van der Waals surface area (Å²) in [5.74, 6) is -0.246. The van der Waals surface area contributed by atoms with E-state index < -0.39 is 5.97 Å². The van der Waals surface area contributed by atoms with Crippen LogP contribution in [0.5, 0.6) is 0 Å². The van der Waals surface area contributed by atoms with Crippen molar-refractivity contribution < 1.29 is 14.6 Å². The second kappa shape index (κ2) is 5.13. The number of carboxylic acids is 1. The zero-order chi connectivity index (χ0) is 8.85. The lowest BCUT2D eigenvalue weighted by Crippen LogP contribution is -2.18. The fourth-order valence-electron chi connectivity index (χ4n) is 0.925. The molecule has 0 aromatic carbocycles. The summed E-state index contributed by atoms with van der Waals surface area (Å²) < 4.78 is 4.90. The third-order valence-corrected chi connectivity index (χ3v) is 1.76. The van der Waals surface area contributed by atoms with Crippen molar-refractivity contribution in [1.29, 1.82) is 0 Å². The number of hydrogen-bond acceptors (Lipinski definition) is 2. The normalized spacial score (nSPS) is 13.5. The standard InChI is InChI=1S/C8H16O3/c1-6(2)7(5-11-3)4-8(9)10/h6-7H,4-5H2,1-3H3,(H,9,10). The van der Waals surface area contributed by atoms with E-state index in [4.69, 9.17) is 9.84 Å². The maximum absolute atomic E-state index is 10.3. The van der Waals surface area contributed by atoms with Gasteiger partial charge in [0, 0.05) is 13.7 Å². The number of carboxylic acid groups (broad SMARTS) is 1. The van der Waals surface area contributed by atoms with Gasteiger partial charge in [0.1, 0.15) is 0 Å². The molecule has 1 atom stereocenters. The van der Waals surface area contributed by atoms with Crippen LogP contribution in [0.1, 0.15) is 20.3 Å². The highest BCUT2D eigenvalue weighted by molar-refractivity contribution is 5.67. The Labute approximate surface area is 67.4 Å². The molecule has 0 spiro atoms. The monoisotopic (exact) mass is 160 g/mol. The maximum atomic E-state index is 10.3. The molecule has 0 radical (unpaired) electrons. The summed E-state index contributed by atoms with van der Waals surface area (Å²) in [5, 5.41) is 8.50. The summed E-state index contributed by atoms with van der Waals surface area (Å²) >= 11 is 0.